The van der Waals surface area contributed by atoms with Gasteiger partial charge in [-0.2, -0.15) is 0 Å². The van der Waals surface area contributed by atoms with Crippen molar-refractivity contribution in [2.75, 3.05) is 0 Å². The van der Waals surface area contributed by atoms with Crippen LogP contribution in [0.25, 0.3) is 0 Å². The van der Waals surface area contributed by atoms with Crippen LogP contribution in [-0.4, -0.2) is 11.1 Å². The molecule has 2 nitrogen and oxygen atoms in total. The van der Waals surface area contributed by atoms with Gasteiger partial charge in [0.25, 0.3) is 0 Å². The summed E-state index contributed by atoms with van der Waals surface area (Å²) in [6.07, 6.45) is 0.566. The normalized spacial score (nSPS) is 25.6. The van der Waals surface area contributed by atoms with Crippen molar-refractivity contribution in [2.24, 2.45) is 5.92 Å². The van der Waals surface area contributed by atoms with E-state index in [-0.39, 0.29) is 17.7 Å². The van der Waals surface area contributed by atoms with Gasteiger partial charge in [0.05, 0.1) is 5.92 Å². The first-order chi connectivity index (χ1) is 6.20. The van der Waals surface area contributed by atoms with Crippen LogP contribution >= 0.6 is 0 Å². The Morgan fingerprint density at radius 2 is 2.15 bits per heavy atom. The Balaban J connectivity index is 2.21. The summed E-state index contributed by atoms with van der Waals surface area (Å²) in [6.45, 7) is 0. The van der Waals surface area contributed by atoms with Gasteiger partial charge in [0, 0.05) is 5.92 Å². The maximum Gasteiger partial charge on any atom is 0.307 e. The lowest BCUT2D eigenvalue weighted by Gasteiger charge is -1.99. The second-order valence-electron chi connectivity index (χ2n) is 3.31. The van der Waals surface area contributed by atoms with Gasteiger partial charge in [-0.05, 0) is 18.1 Å². The highest BCUT2D eigenvalue weighted by Crippen LogP contribution is 2.48. The summed E-state index contributed by atoms with van der Waals surface area (Å²) in [5.41, 5.74) is 0.537. The highest BCUT2D eigenvalue weighted by atomic mass is 19.1. The van der Waals surface area contributed by atoms with E-state index in [2.05, 4.69) is 0 Å². The molecule has 0 aliphatic heterocycles. The molecule has 0 heterocycles. The molecule has 3 heteroatoms. The van der Waals surface area contributed by atoms with Gasteiger partial charge in [0.1, 0.15) is 5.82 Å². The fourth-order valence-corrected chi connectivity index (χ4v) is 1.59. The zero-order valence-corrected chi connectivity index (χ0v) is 6.90. The van der Waals surface area contributed by atoms with Gasteiger partial charge in [0.2, 0.25) is 0 Å². The zero-order chi connectivity index (χ0) is 9.42. The summed E-state index contributed by atoms with van der Waals surface area (Å²) in [4.78, 5) is 10.5. The van der Waals surface area contributed by atoms with Crippen molar-refractivity contribution in [3.8, 4) is 0 Å². The lowest BCUT2D eigenvalue weighted by atomic mass is 10.1. The van der Waals surface area contributed by atoms with Gasteiger partial charge < -0.3 is 5.11 Å². The van der Waals surface area contributed by atoms with E-state index in [0.717, 1.165) is 0 Å². The molecule has 1 aromatic rings. The van der Waals surface area contributed by atoms with Crippen molar-refractivity contribution >= 4 is 5.97 Å². The van der Waals surface area contributed by atoms with Crippen LogP contribution in [0.15, 0.2) is 24.3 Å². The van der Waals surface area contributed by atoms with Gasteiger partial charge in [-0.3, -0.25) is 4.79 Å². The lowest BCUT2D eigenvalue weighted by Crippen LogP contribution is -1.99. The largest absolute Gasteiger partial charge is 0.481 e. The highest BCUT2D eigenvalue weighted by molar-refractivity contribution is 5.75. The van der Waals surface area contributed by atoms with E-state index in [1.54, 1.807) is 18.2 Å². The predicted molar refractivity (Wildman–Crippen MR) is 44.9 cm³/mol. The van der Waals surface area contributed by atoms with Gasteiger partial charge in [0.15, 0.2) is 0 Å². The first kappa shape index (κ1) is 8.23. The molecular weight excluding hydrogens is 171 g/mol. The number of carboxylic acids is 1. The van der Waals surface area contributed by atoms with E-state index in [4.69, 9.17) is 5.11 Å². The molecule has 0 amide bonds. The Hall–Kier alpha value is -1.38. The second kappa shape index (κ2) is 2.83. The van der Waals surface area contributed by atoms with E-state index >= 15 is 0 Å². The Kier molecular flexibility index (Phi) is 1.79. The van der Waals surface area contributed by atoms with Crippen LogP contribution in [0.4, 0.5) is 4.39 Å². The average Bonchev–Trinajstić information content (AvgIpc) is 2.84. The number of benzene rings is 1. The van der Waals surface area contributed by atoms with E-state index in [9.17, 15) is 9.18 Å². The Morgan fingerprint density at radius 3 is 2.69 bits per heavy atom. The smallest absolute Gasteiger partial charge is 0.307 e. The third kappa shape index (κ3) is 1.41. The van der Waals surface area contributed by atoms with E-state index in [0.29, 0.717) is 12.0 Å². The molecule has 1 saturated carbocycles. The molecule has 13 heavy (non-hydrogen) atoms. The molecule has 0 bridgehead atoms. The minimum Gasteiger partial charge on any atom is -0.481 e. The van der Waals surface area contributed by atoms with E-state index in [1.807, 2.05) is 0 Å². The van der Waals surface area contributed by atoms with Crippen LogP contribution in [0.1, 0.15) is 17.9 Å². The van der Waals surface area contributed by atoms with Gasteiger partial charge >= 0.3 is 5.97 Å². The molecule has 0 aromatic heterocycles. The number of rotatable bonds is 2. The number of halogens is 1. The van der Waals surface area contributed by atoms with E-state index in [1.165, 1.54) is 6.07 Å². The Bertz CT molecular complexity index is 349. The minimum atomic E-state index is -0.826. The molecule has 1 N–H and O–H groups in total. The first-order valence-electron chi connectivity index (χ1n) is 4.17. The van der Waals surface area contributed by atoms with Crippen molar-refractivity contribution in [1.29, 1.82) is 0 Å². The maximum absolute atomic E-state index is 13.1. The molecule has 1 fully saturated rings. The molecule has 1 aliphatic rings. The molecule has 1 aliphatic carbocycles. The Labute approximate surface area is 75.0 Å². The van der Waals surface area contributed by atoms with Crippen molar-refractivity contribution < 1.29 is 14.3 Å². The monoisotopic (exact) mass is 180 g/mol. The summed E-state index contributed by atoms with van der Waals surface area (Å²) in [6, 6.07) is 6.36. The summed E-state index contributed by atoms with van der Waals surface area (Å²) >= 11 is 0. The number of carboxylic acid groups (broad SMARTS) is 1. The van der Waals surface area contributed by atoms with Crippen LogP contribution in [-0.2, 0) is 4.79 Å². The number of hydrogen-bond donors (Lipinski definition) is 1. The van der Waals surface area contributed by atoms with Crippen LogP contribution in [0.5, 0.6) is 0 Å². The fraction of sp³-hybridized carbons (Fsp3) is 0.300. The van der Waals surface area contributed by atoms with Crippen molar-refractivity contribution in [1.82, 2.24) is 0 Å². The topological polar surface area (TPSA) is 37.3 Å². The third-order valence-electron chi connectivity index (χ3n) is 2.41. The molecule has 0 radical (unpaired) electrons. The summed E-state index contributed by atoms with van der Waals surface area (Å²) in [5, 5.41) is 8.65. The summed E-state index contributed by atoms with van der Waals surface area (Å²) in [7, 11) is 0. The van der Waals surface area contributed by atoms with Gasteiger partial charge in [-0.15, -0.1) is 0 Å². The second-order valence-corrected chi connectivity index (χ2v) is 3.31. The standard InChI is InChI=1S/C10H9FO2/c11-9-4-2-1-3-6(9)7-5-8(7)10(12)13/h1-4,7-8H,5H2,(H,12,13)/t7?,8-/m0/s1. The molecule has 2 rings (SSSR count). The maximum atomic E-state index is 13.1. The number of aliphatic carboxylic acids is 1. The lowest BCUT2D eigenvalue weighted by molar-refractivity contribution is -0.138. The quantitative estimate of drug-likeness (QED) is 0.755. The first-order valence-corrected chi connectivity index (χ1v) is 4.17. The van der Waals surface area contributed by atoms with Crippen LogP contribution in [0, 0.1) is 11.7 Å². The Morgan fingerprint density at radius 1 is 1.46 bits per heavy atom. The van der Waals surface area contributed by atoms with Crippen LogP contribution < -0.4 is 0 Å². The van der Waals surface area contributed by atoms with E-state index < -0.39 is 5.97 Å². The average molecular weight is 180 g/mol. The molecule has 0 saturated heterocycles. The van der Waals surface area contributed by atoms with Gasteiger partial charge in [-0.25, -0.2) is 4.39 Å². The zero-order valence-electron chi connectivity index (χ0n) is 6.90. The summed E-state index contributed by atoms with van der Waals surface area (Å²) < 4.78 is 13.1. The summed E-state index contributed by atoms with van der Waals surface area (Å²) in [5.74, 6) is -1.61. The van der Waals surface area contributed by atoms with Crippen LogP contribution in [0.2, 0.25) is 0 Å². The SMILES string of the molecule is O=C(O)[C@H]1CC1c1ccccc1F. The van der Waals surface area contributed by atoms with Crippen LogP contribution in [0.3, 0.4) is 0 Å². The highest BCUT2D eigenvalue weighted by Gasteiger charge is 2.45. The predicted octanol–water partition coefficient (Wildman–Crippen LogP) is 2.01. The number of carbonyl (C=O) groups is 1. The van der Waals surface area contributed by atoms with Crippen molar-refractivity contribution in [2.45, 2.75) is 12.3 Å². The third-order valence-corrected chi connectivity index (χ3v) is 2.41. The van der Waals surface area contributed by atoms with Gasteiger partial charge in [-0.1, -0.05) is 18.2 Å². The molecule has 1 aromatic carbocycles. The molecule has 2 atom stereocenters. The molecular formula is C10H9FO2. The van der Waals surface area contributed by atoms with Crippen molar-refractivity contribution in [3.05, 3.63) is 35.6 Å². The minimum absolute atomic E-state index is 0.112. The number of hydrogen-bond acceptors (Lipinski definition) is 1. The molecule has 1 unspecified atom stereocenters. The molecule has 0 spiro atoms. The van der Waals surface area contributed by atoms with Crippen molar-refractivity contribution in [3.63, 3.8) is 0 Å². The molecule has 68 valence electrons. The fourth-order valence-electron chi connectivity index (χ4n) is 1.59.